The molecule has 1 N–H and O–H groups in total. The minimum atomic E-state index is -0.0656. The first-order chi connectivity index (χ1) is 12.7. The quantitative estimate of drug-likeness (QED) is 0.712. The van der Waals surface area contributed by atoms with Gasteiger partial charge in [0.05, 0.1) is 13.4 Å². The van der Waals surface area contributed by atoms with Crippen molar-refractivity contribution in [2.45, 2.75) is 19.9 Å². The van der Waals surface area contributed by atoms with E-state index >= 15 is 0 Å². The Labute approximate surface area is 153 Å². The number of nitrogens with zero attached hydrogens (tertiary/aromatic N) is 2. The van der Waals surface area contributed by atoms with Gasteiger partial charge in [-0.1, -0.05) is 29.8 Å². The van der Waals surface area contributed by atoms with Gasteiger partial charge in [0.1, 0.15) is 5.75 Å². The third-order valence-corrected chi connectivity index (χ3v) is 4.23. The highest BCUT2D eigenvalue weighted by Crippen LogP contribution is 2.19. The van der Waals surface area contributed by atoms with Crippen LogP contribution in [-0.2, 0) is 13.0 Å². The number of hydrogen-bond donors (Lipinski definition) is 1. The first-order valence-electron chi connectivity index (χ1n) is 8.62. The van der Waals surface area contributed by atoms with Gasteiger partial charge in [-0.15, -0.1) is 0 Å². The van der Waals surface area contributed by atoms with Crippen molar-refractivity contribution < 1.29 is 9.53 Å². The van der Waals surface area contributed by atoms with Gasteiger partial charge in [-0.05, 0) is 42.7 Å². The number of benzene rings is 2. The van der Waals surface area contributed by atoms with Crippen molar-refractivity contribution in [2.75, 3.05) is 13.7 Å². The van der Waals surface area contributed by atoms with Gasteiger partial charge in [-0.2, -0.15) is 0 Å². The molecule has 2 aromatic carbocycles. The second-order valence-corrected chi connectivity index (χ2v) is 6.26. The number of carbonyl (C=O) groups is 1. The van der Waals surface area contributed by atoms with Crippen molar-refractivity contribution in [2.24, 2.45) is 0 Å². The molecule has 3 rings (SSSR count). The number of imidazole rings is 1. The van der Waals surface area contributed by atoms with Crippen LogP contribution in [0, 0.1) is 6.92 Å². The highest BCUT2D eigenvalue weighted by molar-refractivity contribution is 5.94. The smallest absolute Gasteiger partial charge is 0.251 e. The van der Waals surface area contributed by atoms with Crippen LogP contribution in [0.1, 0.15) is 27.0 Å². The second kappa shape index (κ2) is 8.34. The maximum Gasteiger partial charge on any atom is 0.251 e. The van der Waals surface area contributed by atoms with Gasteiger partial charge in [0.15, 0.2) is 0 Å². The van der Waals surface area contributed by atoms with E-state index in [1.54, 1.807) is 19.6 Å². The summed E-state index contributed by atoms with van der Waals surface area (Å²) in [7, 11) is 1.67. The van der Waals surface area contributed by atoms with E-state index in [4.69, 9.17) is 4.74 Å². The minimum absolute atomic E-state index is 0.0656. The van der Waals surface area contributed by atoms with Crippen molar-refractivity contribution in [3.8, 4) is 5.75 Å². The molecule has 1 heterocycles. The Morgan fingerprint density at radius 2 is 2.12 bits per heavy atom. The maximum atomic E-state index is 12.4. The number of aryl methyl sites for hydroxylation is 1. The average molecular weight is 349 g/mol. The second-order valence-electron chi connectivity index (χ2n) is 6.26. The number of hydrogen-bond acceptors (Lipinski definition) is 3. The molecule has 5 heteroatoms. The molecule has 0 saturated carbocycles. The SMILES string of the molecule is COc1ccc(C)cc1CCNC(=O)c1cccc(Cn2ccnc2)c1. The van der Waals surface area contributed by atoms with Gasteiger partial charge in [0.25, 0.3) is 5.91 Å². The molecule has 0 radical (unpaired) electrons. The zero-order chi connectivity index (χ0) is 18.4. The van der Waals surface area contributed by atoms with Gasteiger partial charge in [0, 0.05) is 31.0 Å². The summed E-state index contributed by atoms with van der Waals surface area (Å²) in [5.74, 6) is 0.788. The van der Waals surface area contributed by atoms with Crippen LogP contribution in [-0.4, -0.2) is 29.1 Å². The molecule has 0 unspecified atom stereocenters. The van der Waals surface area contributed by atoms with Crippen molar-refractivity contribution in [1.29, 1.82) is 0 Å². The lowest BCUT2D eigenvalue weighted by molar-refractivity contribution is 0.0954. The van der Waals surface area contributed by atoms with Crippen LogP contribution in [0.15, 0.2) is 61.2 Å². The summed E-state index contributed by atoms with van der Waals surface area (Å²) < 4.78 is 7.36. The third kappa shape index (κ3) is 4.51. The lowest BCUT2D eigenvalue weighted by atomic mass is 10.1. The normalized spacial score (nSPS) is 10.5. The average Bonchev–Trinajstić information content (AvgIpc) is 3.15. The molecular weight excluding hydrogens is 326 g/mol. The maximum absolute atomic E-state index is 12.4. The van der Waals surface area contributed by atoms with E-state index < -0.39 is 0 Å². The number of carbonyl (C=O) groups excluding carboxylic acids is 1. The number of ether oxygens (including phenoxy) is 1. The molecule has 0 saturated heterocycles. The number of nitrogens with one attached hydrogen (secondary N) is 1. The van der Waals surface area contributed by atoms with E-state index in [9.17, 15) is 4.79 Å². The predicted molar refractivity (Wildman–Crippen MR) is 102 cm³/mol. The molecule has 0 spiro atoms. The lowest BCUT2D eigenvalue weighted by Gasteiger charge is -2.11. The Kier molecular flexibility index (Phi) is 5.69. The number of methoxy groups -OCH3 is 1. The molecule has 0 atom stereocenters. The van der Waals surface area contributed by atoms with Crippen molar-refractivity contribution >= 4 is 5.91 Å². The Balaban J connectivity index is 1.59. The highest BCUT2D eigenvalue weighted by Gasteiger charge is 2.08. The first-order valence-corrected chi connectivity index (χ1v) is 8.62. The predicted octanol–water partition coefficient (Wildman–Crippen LogP) is 3.22. The molecule has 0 fully saturated rings. The molecule has 1 amide bonds. The fourth-order valence-corrected chi connectivity index (χ4v) is 2.92. The van der Waals surface area contributed by atoms with Gasteiger partial charge in [-0.25, -0.2) is 4.98 Å². The van der Waals surface area contributed by atoms with E-state index in [0.29, 0.717) is 18.7 Å². The van der Waals surface area contributed by atoms with Crippen LogP contribution in [0.2, 0.25) is 0 Å². The van der Waals surface area contributed by atoms with E-state index in [1.165, 1.54) is 5.56 Å². The molecule has 5 nitrogen and oxygen atoms in total. The summed E-state index contributed by atoms with van der Waals surface area (Å²) in [5.41, 5.74) is 4.01. The Morgan fingerprint density at radius 1 is 1.23 bits per heavy atom. The number of aromatic nitrogens is 2. The zero-order valence-corrected chi connectivity index (χ0v) is 15.1. The van der Waals surface area contributed by atoms with Crippen LogP contribution in [0.4, 0.5) is 0 Å². The summed E-state index contributed by atoms with van der Waals surface area (Å²) in [6.45, 7) is 3.30. The topological polar surface area (TPSA) is 56.1 Å². The van der Waals surface area contributed by atoms with Gasteiger partial charge in [-0.3, -0.25) is 4.79 Å². The minimum Gasteiger partial charge on any atom is -0.496 e. The Hall–Kier alpha value is -3.08. The summed E-state index contributed by atoms with van der Waals surface area (Å²) in [6, 6.07) is 13.7. The number of amides is 1. The van der Waals surface area contributed by atoms with Crippen molar-refractivity contribution in [3.05, 3.63) is 83.4 Å². The highest BCUT2D eigenvalue weighted by atomic mass is 16.5. The molecule has 0 bridgehead atoms. The van der Waals surface area contributed by atoms with E-state index in [0.717, 1.165) is 23.3 Å². The summed E-state index contributed by atoms with van der Waals surface area (Å²) >= 11 is 0. The van der Waals surface area contributed by atoms with Crippen LogP contribution >= 0.6 is 0 Å². The van der Waals surface area contributed by atoms with Crippen LogP contribution in [0.25, 0.3) is 0 Å². The summed E-state index contributed by atoms with van der Waals surface area (Å²) in [6.07, 6.45) is 6.14. The summed E-state index contributed by atoms with van der Waals surface area (Å²) in [5, 5.41) is 2.99. The van der Waals surface area contributed by atoms with Gasteiger partial charge in [0.2, 0.25) is 0 Å². The van der Waals surface area contributed by atoms with E-state index in [-0.39, 0.29) is 5.91 Å². The van der Waals surface area contributed by atoms with Crippen LogP contribution in [0.5, 0.6) is 5.75 Å². The Bertz CT molecular complexity index is 873. The van der Waals surface area contributed by atoms with Crippen molar-refractivity contribution in [1.82, 2.24) is 14.9 Å². The molecule has 3 aromatic rings. The van der Waals surface area contributed by atoms with Gasteiger partial charge >= 0.3 is 0 Å². The zero-order valence-electron chi connectivity index (χ0n) is 15.1. The van der Waals surface area contributed by atoms with Crippen molar-refractivity contribution in [3.63, 3.8) is 0 Å². The molecule has 0 aliphatic carbocycles. The molecule has 26 heavy (non-hydrogen) atoms. The standard InChI is InChI=1S/C21H23N3O2/c1-16-6-7-20(26-2)18(12-16)8-9-23-21(25)19-5-3-4-17(13-19)14-24-11-10-22-15-24/h3-7,10-13,15H,8-9,14H2,1-2H3,(H,23,25). The van der Waals surface area contributed by atoms with E-state index in [2.05, 4.69) is 16.4 Å². The first kappa shape index (κ1) is 17.7. The lowest BCUT2D eigenvalue weighted by Crippen LogP contribution is -2.26. The summed E-state index contributed by atoms with van der Waals surface area (Å²) in [4.78, 5) is 16.5. The monoisotopic (exact) mass is 349 g/mol. The van der Waals surface area contributed by atoms with E-state index in [1.807, 2.05) is 54.1 Å². The Morgan fingerprint density at radius 3 is 2.88 bits per heavy atom. The largest absolute Gasteiger partial charge is 0.496 e. The molecule has 0 aliphatic rings. The molecule has 134 valence electrons. The molecule has 0 aliphatic heterocycles. The fraction of sp³-hybridized carbons (Fsp3) is 0.238. The molecule has 1 aromatic heterocycles. The van der Waals surface area contributed by atoms with Crippen LogP contribution < -0.4 is 10.1 Å². The molecular formula is C21H23N3O2. The van der Waals surface area contributed by atoms with Gasteiger partial charge < -0.3 is 14.6 Å². The van der Waals surface area contributed by atoms with Crippen LogP contribution in [0.3, 0.4) is 0 Å². The fourth-order valence-electron chi connectivity index (χ4n) is 2.92. The number of rotatable bonds is 7. The third-order valence-electron chi connectivity index (χ3n) is 4.23.